The largest absolute Gasteiger partial charge is 0.390 e. The predicted molar refractivity (Wildman–Crippen MR) is 70.0 cm³/mol. The van der Waals surface area contributed by atoms with Crippen LogP contribution in [0.4, 0.5) is 0 Å². The summed E-state index contributed by atoms with van der Waals surface area (Å²) in [5.41, 5.74) is -0.372. The summed E-state index contributed by atoms with van der Waals surface area (Å²) in [5, 5.41) is 10.9. The Hall–Kier alpha value is -0.0800. The normalized spacial score (nSPS) is 43.6. The van der Waals surface area contributed by atoms with Gasteiger partial charge in [-0.3, -0.25) is 0 Å². The topological polar surface area (TPSA) is 29.5 Å². The van der Waals surface area contributed by atoms with Crippen LogP contribution in [0.5, 0.6) is 0 Å². The minimum absolute atomic E-state index is 0.372. The third-order valence-corrected chi connectivity index (χ3v) is 5.25. The minimum atomic E-state index is -0.372. The highest BCUT2D eigenvalue weighted by Gasteiger charge is 2.41. The fraction of sp³-hybridized carbons (Fsp3) is 1.00. The van der Waals surface area contributed by atoms with E-state index >= 15 is 0 Å². The summed E-state index contributed by atoms with van der Waals surface area (Å²) in [6, 6.07) is 0. The van der Waals surface area contributed by atoms with Crippen LogP contribution < -0.4 is 0 Å². The second-order valence-electron chi connectivity index (χ2n) is 6.18. The van der Waals surface area contributed by atoms with Crippen molar-refractivity contribution in [2.75, 3.05) is 7.11 Å². The second kappa shape index (κ2) is 5.71. The van der Waals surface area contributed by atoms with Crippen molar-refractivity contribution in [3.8, 4) is 0 Å². The van der Waals surface area contributed by atoms with Crippen molar-refractivity contribution in [2.24, 2.45) is 11.8 Å². The van der Waals surface area contributed by atoms with E-state index in [1.165, 1.54) is 32.1 Å². The molecule has 0 aliphatic heterocycles. The zero-order valence-corrected chi connectivity index (χ0v) is 11.5. The van der Waals surface area contributed by atoms with Gasteiger partial charge in [-0.05, 0) is 50.4 Å². The van der Waals surface area contributed by atoms with Crippen LogP contribution in [0.2, 0.25) is 0 Å². The zero-order chi connectivity index (χ0) is 12.3. The highest BCUT2D eigenvalue weighted by Crippen LogP contribution is 2.44. The van der Waals surface area contributed by atoms with Crippen LogP contribution in [0.3, 0.4) is 0 Å². The smallest absolute Gasteiger partial charge is 0.0677 e. The number of ether oxygens (including phenoxy) is 1. The molecule has 2 atom stereocenters. The Morgan fingerprint density at radius 2 is 1.88 bits per heavy atom. The van der Waals surface area contributed by atoms with Crippen molar-refractivity contribution >= 4 is 0 Å². The van der Waals surface area contributed by atoms with E-state index in [4.69, 9.17) is 4.74 Å². The first-order chi connectivity index (χ1) is 8.18. The molecule has 0 amide bonds. The van der Waals surface area contributed by atoms with E-state index in [-0.39, 0.29) is 5.60 Å². The van der Waals surface area contributed by atoms with Crippen LogP contribution in [0.25, 0.3) is 0 Å². The molecule has 2 aliphatic carbocycles. The minimum Gasteiger partial charge on any atom is -0.390 e. The van der Waals surface area contributed by atoms with Gasteiger partial charge < -0.3 is 9.84 Å². The molecule has 2 aliphatic rings. The van der Waals surface area contributed by atoms with Crippen molar-refractivity contribution in [1.82, 2.24) is 0 Å². The summed E-state index contributed by atoms with van der Waals surface area (Å²) in [6.45, 7) is 2.29. The Kier molecular flexibility index (Phi) is 4.48. The van der Waals surface area contributed by atoms with E-state index in [9.17, 15) is 5.11 Å². The van der Waals surface area contributed by atoms with Crippen LogP contribution in [-0.4, -0.2) is 23.9 Å². The molecule has 0 heterocycles. The second-order valence-corrected chi connectivity index (χ2v) is 6.18. The standard InChI is InChI=1S/C15H28O2/c1-3-12-5-4-6-13(11-12)15(16)9-7-14(17-2)8-10-15/h12-14,16H,3-11H2,1-2H3. The van der Waals surface area contributed by atoms with Crippen LogP contribution in [0.15, 0.2) is 0 Å². The molecule has 2 unspecified atom stereocenters. The molecule has 0 saturated heterocycles. The lowest BCUT2D eigenvalue weighted by molar-refractivity contribution is -0.0942. The van der Waals surface area contributed by atoms with Gasteiger partial charge in [-0.25, -0.2) is 0 Å². The van der Waals surface area contributed by atoms with Gasteiger partial charge in [0.05, 0.1) is 11.7 Å². The summed E-state index contributed by atoms with van der Waals surface area (Å²) >= 11 is 0. The third kappa shape index (κ3) is 3.03. The van der Waals surface area contributed by atoms with Gasteiger partial charge in [-0.15, -0.1) is 0 Å². The van der Waals surface area contributed by atoms with E-state index in [1.54, 1.807) is 7.11 Å². The van der Waals surface area contributed by atoms with Gasteiger partial charge in [0, 0.05) is 7.11 Å². The molecule has 1 N–H and O–H groups in total. The first-order valence-electron chi connectivity index (χ1n) is 7.43. The average Bonchev–Trinajstić information content (AvgIpc) is 2.40. The maximum atomic E-state index is 10.9. The highest BCUT2D eigenvalue weighted by molar-refractivity contribution is 4.93. The molecule has 2 heteroatoms. The van der Waals surface area contributed by atoms with Crippen LogP contribution in [-0.2, 0) is 4.74 Å². The Balaban J connectivity index is 1.92. The van der Waals surface area contributed by atoms with Crippen LogP contribution in [0, 0.1) is 11.8 Å². The number of aliphatic hydroxyl groups is 1. The van der Waals surface area contributed by atoms with Crippen LogP contribution in [0.1, 0.15) is 64.7 Å². The number of hydrogen-bond acceptors (Lipinski definition) is 2. The molecule has 2 nitrogen and oxygen atoms in total. The summed E-state index contributed by atoms with van der Waals surface area (Å²) in [6.07, 6.45) is 10.9. The molecule has 0 bridgehead atoms. The van der Waals surface area contributed by atoms with Gasteiger partial charge in [-0.2, -0.15) is 0 Å². The summed E-state index contributed by atoms with van der Waals surface area (Å²) in [5.74, 6) is 1.41. The lowest BCUT2D eigenvalue weighted by Gasteiger charge is -2.44. The molecule has 2 rings (SSSR count). The first-order valence-corrected chi connectivity index (χ1v) is 7.43. The Labute approximate surface area is 106 Å². The molecule has 2 fully saturated rings. The number of hydrogen-bond donors (Lipinski definition) is 1. The third-order valence-electron chi connectivity index (χ3n) is 5.25. The summed E-state index contributed by atoms with van der Waals surface area (Å²) in [4.78, 5) is 0. The predicted octanol–water partition coefficient (Wildman–Crippen LogP) is 3.52. The van der Waals surface area contributed by atoms with Crippen molar-refractivity contribution in [1.29, 1.82) is 0 Å². The number of methoxy groups -OCH3 is 1. The van der Waals surface area contributed by atoms with Gasteiger partial charge in [0.2, 0.25) is 0 Å². The van der Waals surface area contributed by atoms with Gasteiger partial charge in [0.1, 0.15) is 0 Å². The van der Waals surface area contributed by atoms with Crippen molar-refractivity contribution < 1.29 is 9.84 Å². The van der Waals surface area contributed by atoms with Gasteiger partial charge in [-0.1, -0.05) is 26.2 Å². The van der Waals surface area contributed by atoms with E-state index in [0.29, 0.717) is 12.0 Å². The van der Waals surface area contributed by atoms with E-state index in [0.717, 1.165) is 31.6 Å². The first kappa shape index (κ1) is 13.4. The molecule has 0 aromatic carbocycles. The quantitative estimate of drug-likeness (QED) is 0.818. The lowest BCUT2D eigenvalue weighted by Crippen LogP contribution is -2.44. The molecule has 2 saturated carbocycles. The fourth-order valence-corrected chi connectivity index (χ4v) is 3.88. The van der Waals surface area contributed by atoms with Gasteiger partial charge >= 0.3 is 0 Å². The number of rotatable bonds is 3. The maximum Gasteiger partial charge on any atom is 0.0677 e. The molecular weight excluding hydrogens is 212 g/mol. The van der Waals surface area contributed by atoms with E-state index in [1.807, 2.05) is 0 Å². The zero-order valence-electron chi connectivity index (χ0n) is 11.5. The van der Waals surface area contributed by atoms with Crippen LogP contribution >= 0.6 is 0 Å². The van der Waals surface area contributed by atoms with Crippen molar-refractivity contribution in [3.05, 3.63) is 0 Å². The fourth-order valence-electron chi connectivity index (χ4n) is 3.88. The molecule has 0 aromatic rings. The molecule has 17 heavy (non-hydrogen) atoms. The molecule has 100 valence electrons. The van der Waals surface area contributed by atoms with Gasteiger partial charge in [0.15, 0.2) is 0 Å². The van der Waals surface area contributed by atoms with E-state index < -0.39 is 0 Å². The summed E-state index contributed by atoms with van der Waals surface area (Å²) in [7, 11) is 1.79. The molecular formula is C15H28O2. The highest BCUT2D eigenvalue weighted by atomic mass is 16.5. The lowest BCUT2D eigenvalue weighted by atomic mass is 9.66. The van der Waals surface area contributed by atoms with E-state index in [2.05, 4.69) is 6.92 Å². The Morgan fingerprint density at radius 1 is 1.18 bits per heavy atom. The SMILES string of the molecule is CCC1CCCC(C2(O)CCC(OC)CC2)C1. The molecule has 0 spiro atoms. The Morgan fingerprint density at radius 3 is 2.47 bits per heavy atom. The monoisotopic (exact) mass is 240 g/mol. The van der Waals surface area contributed by atoms with Crippen molar-refractivity contribution in [2.45, 2.75) is 76.4 Å². The van der Waals surface area contributed by atoms with Gasteiger partial charge in [0.25, 0.3) is 0 Å². The maximum absolute atomic E-state index is 10.9. The average molecular weight is 240 g/mol. The molecule has 0 radical (unpaired) electrons. The molecule has 0 aromatic heterocycles. The summed E-state index contributed by atoms with van der Waals surface area (Å²) < 4.78 is 5.40. The van der Waals surface area contributed by atoms with Crippen molar-refractivity contribution in [3.63, 3.8) is 0 Å². The Bertz CT molecular complexity index is 231.